The minimum Gasteiger partial charge on any atom is -0.342 e. The maximum absolute atomic E-state index is 12.1. The predicted octanol–water partition coefficient (Wildman–Crippen LogP) is 1.44. The minimum atomic E-state index is -0.255. The van der Waals surface area contributed by atoms with Gasteiger partial charge in [-0.3, -0.25) is 10.1 Å². The van der Waals surface area contributed by atoms with Crippen LogP contribution in [0.1, 0.15) is 19.9 Å². The summed E-state index contributed by atoms with van der Waals surface area (Å²) in [5, 5.41) is 8.99. The molecule has 2 aromatic rings. The van der Waals surface area contributed by atoms with Crippen LogP contribution in [-0.2, 0) is 4.79 Å². The zero-order chi connectivity index (χ0) is 12.3. The van der Waals surface area contributed by atoms with Crippen molar-refractivity contribution in [3.63, 3.8) is 0 Å². The van der Waals surface area contributed by atoms with Crippen LogP contribution in [0.2, 0.25) is 0 Å². The molecule has 6 heteroatoms. The smallest absolute Gasteiger partial charge is 0.250 e. The number of carbonyl (C=O) groups excluding carboxylic acids is 1. The Kier molecular flexibility index (Phi) is 3.22. The molecule has 6 nitrogen and oxygen atoms in total. The number of rotatable bonds is 4. The molecule has 90 valence electrons. The number of anilines is 1. The second-order valence-electron chi connectivity index (χ2n) is 4.14. The van der Waals surface area contributed by atoms with Crippen molar-refractivity contribution >= 4 is 11.9 Å². The third-order valence-electron chi connectivity index (χ3n) is 2.51. The van der Waals surface area contributed by atoms with Gasteiger partial charge in [-0.25, -0.2) is 5.10 Å². The summed E-state index contributed by atoms with van der Waals surface area (Å²) in [5.74, 6) is 0.450. The van der Waals surface area contributed by atoms with E-state index in [0.717, 1.165) is 0 Å². The molecular formula is C11H15N5O. The number of nitrogens with one attached hydrogen (secondary N) is 2. The molecule has 0 fully saturated rings. The average Bonchev–Trinajstić information content (AvgIpc) is 2.89. The van der Waals surface area contributed by atoms with Crippen LogP contribution in [0.3, 0.4) is 0 Å². The first kappa shape index (κ1) is 11.4. The van der Waals surface area contributed by atoms with Crippen molar-refractivity contribution in [2.45, 2.75) is 19.9 Å². The molecule has 2 rings (SSSR count). The molecule has 0 aliphatic heterocycles. The summed E-state index contributed by atoms with van der Waals surface area (Å²) in [4.78, 5) is 16.0. The number of carbonyl (C=O) groups is 1. The summed E-state index contributed by atoms with van der Waals surface area (Å²) >= 11 is 0. The molecule has 1 amide bonds. The highest BCUT2D eigenvalue weighted by Gasteiger charge is 2.23. The van der Waals surface area contributed by atoms with Crippen LogP contribution >= 0.6 is 0 Å². The average molecular weight is 233 g/mol. The molecule has 0 saturated heterocycles. The van der Waals surface area contributed by atoms with Gasteiger partial charge in [0.1, 0.15) is 12.4 Å². The molecule has 2 N–H and O–H groups in total. The number of hydrogen-bond acceptors (Lipinski definition) is 3. The Bertz CT molecular complexity index is 460. The summed E-state index contributed by atoms with van der Waals surface area (Å²) in [6.07, 6.45) is 5.12. The first-order valence-corrected chi connectivity index (χ1v) is 5.47. The van der Waals surface area contributed by atoms with Crippen LogP contribution in [0.5, 0.6) is 0 Å². The molecule has 0 bridgehead atoms. The molecule has 0 aliphatic carbocycles. The lowest BCUT2D eigenvalue weighted by Crippen LogP contribution is -2.29. The SMILES string of the molecule is CC(C)C(C(=O)Nc1ncn[nH]1)n1cccc1. The van der Waals surface area contributed by atoms with Crippen molar-refractivity contribution in [2.24, 2.45) is 5.92 Å². The van der Waals surface area contributed by atoms with Gasteiger partial charge in [0, 0.05) is 12.4 Å². The Labute approximate surface area is 99.1 Å². The van der Waals surface area contributed by atoms with Gasteiger partial charge in [0.05, 0.1) is 0 Å². The van der Waals surface area contributed by atoms with Gasteiger partial charge in [-0.05, 0) is 18.1 Å². The lowest BCUT2D eigenvalue weighted by molar-refractivity contribution is -0.120. The van der Waals surface area contributed by atoms with Crippen molar-refractivity contribution in [1.82, 2.24) is 19.7 Å². The highest BCUT2D eigenvalue weighted by molar-refractivity contribution is 5.92. The quantitative estimate of drug-likeness (QED) is 0.839. The zero-order valence-electron chi connectivity index (χ0n) is 9.79. The van der Waals surface area contributed by atoms with Crippen LogP contribution in [-0.4, -0.2) is 25.7 Å². The Hall–Kier alpha value is -2.11. The summed E-state index contributed by atoms with van der Waals surface area (Å²) in [7, 11) is 0. The number of aromatic amines is 1. The number of H-pyrrole nitrogens is 1. The fourth-order valence-corrected chi connectivity index (χ4v) is 1.77. The van der Waals surface area contributed by atoms with Crippen LogP contribution in [0.15, 0.2) is 30.9 Å². The summed E-state index contributed by atoms with van der Waals surface area (Å²) < 4.78 is 1.89. The number of amides is 1. The highest BCUT2D eigenvalue weighted by atomic mass is 16.2. The van der Waals surface area contributed by atoms with Gasteiger partial charge in [-0.1, -0.05) is 13.8 Å². The van der Waals surface area contributed by atoms with Crippen molar-refractivity contribution < 1.29 is 4.79 Å². The van der Waals surface area contributed by atoms with Gasteiger partial charge in [-0.15, -0.1) is 0 Å². The second kappa shape index (κ2) is 4.82. The number of aromatic nitrogens is 4. The summed E-state index contributed by atoms with van der Waals surface area (Å²) in [5.41, 5.74) is 0. The molecule has 17 heavy (non-hydrogen) atoms. The van der Waals surface area contributed by atoms with E-state index in [1.165, 1.54) is 6.33 Å². The van der Waals surface area contributed by atoms with Gasteiger partial charge in [-0.2, -0.15) is 10.1 Å². The second-order valence-corrected chi connectivity index (χ2v) is 4.14. The topological polar surface area (TPSA) is 75.6 Å². The third-order valence-corrected chi connectivity index (χ3v) is 2.51. The number of nitrogens with zero attached hydrogens (tertiary/aromatic N) is 3. The summed E-state index contributed by atoms with van der Waals surface area (Å²) in [6.45, 7) is 4.01. The van der Waals surface area contributed by atoms with E-state index in [0.29, 0.717) is 5.95 Å². The fraction of sp³-hybridized carbons (Fsp3) is 0.364. The van der Waals surface area contributed by atoms with Gasteiger partial charge in [0.25, 0.3) is 0 Å². The van der Waals surface area contributed by atoms with E-state index in [2.05, 4.69) is 20.5 Å². The predicted molar refractivity (Wildman–Crippen MR) is 63.3 cm³/mol. The van der Waals surface area contributed by atoms with Crippen LogP contribution in [0, 0.1) is 5.92 Å². The van der Waals surface area contributed by atoms with Crippen molar-refractivity contribution in [3.8, 4) is 0 Å². The maximum Gasteiger partial charge on any atom is 0.250 e. The molecule has 0 aliphatic rings. The Morgan fingerprint density at radius 3 is 2.65 bits per heavy atom. The van der Waals surface area contributed by atoms with E-state index < -0.39 is 0 Å². The summed E-state index contributed by atoms with van der Waals surface area (Å²) in [6, 6.07) is 3.55. The first-order valence-electron chi connectivity index (χ1n) is 5.47. The van der Waals surface area contributed by atoms with E-state index in [4.69, 9.17) is 0 Å². The van der Waals surface area contributed by atoms with Crippen molar-refractivity contribution in [3.05, 3.63) is 30.9 Å². The normalized spacial score (nSPS) is 12.6. The Morgan fingerprint density at radius 1 is 1.41 bits per heavy atom. The van der Waals surface area contributed by atoms with Crippen LogP contribution in [0.25, 0.3) is 0 Å². The van der Waals surface area contributed by atoms with Crippen LogP contribution in [0.4, 0.5) is 5.95 Å². The molecule has 0 aromatic carbocycles. The third kappa shape index (κ3) is 2.52. The Balaban J connectivity index is 2.14. The molecule has 0 saturated carbocycles. The fourth-order valence-electron chi connectivity index (χ4n) is 1.77. The first-order chi connectivity index (χ1) is 8.18. The van der Waals surface area contributed by atoms with E-state index >= 15 is 0 Å². The standard InChI is InChI=1S/C11H15N5O/c1-8(2)9(16-5-3-4-6-16)10(17)14-11-12-7-13-15-11/h3-9H,1-2H3,(H2,12,13,14,15,17). The lowest BCUT2D eigenvalue weighted by Gasteiger charge is -2.21. The highest BCUT2D eigenvalue weighted by Crippen LogP contribution is 2.19. The van der Waals surface area contributed by atoms with Gasteiger partial charge >= 0.3 is 0 Å². The molecular weight excluding hydrogens is 218 g/mol. The van der Waals surface area contributed by atoms with Crippen molar-refractivity contribution in [1.29, 1.82) is 0 Å². The minimum absolute atomic E-state index is 0.104. The van der Waals surface area contributed by atoms with E-state index in [-0.39, 0.29) is 17.9 Å². The van der Waals surface area contributed by atoms with Gasteiger partial charge in [0.2, 0.25) is 11.9 Å². The van der Waals surface area contributed by atoms with Gasteiger partial charge < -0.3 is 4.57 Å². The van der Waals surface area contributed by atoms with Crippen LogP contribution < -0.4 is 5.32 Å². The van der Waals surface area contributed by atoms with Crippen molar-refractivity contribution in [2.75, 3.05) is 5.32 Å². The number of hydrogen-bond donors (Lipinski definition) is 2. The van der Waals surface area contributed by atoms with Gasteiger partial charge in [0.15, 0.2) is 0 Å². The molecule has 2 heterocycles. The lowest BCUT2D eigenvalue weighted by atomic mass is 10.0. The van der Waals surface area contributed by atoms with E-state index in [1.807, 2.05) is 42.9 Å². The maximum atomic E-state index is 12.1. The monoisotopic (exact) mass is 233 g/mol. The molecule has 1 atom stereocenters. The van der Waals surface area contributed by atoms with E-state index in [9.17, 15) is 4.79 Å². The molecule has 0 spiro atoms. The molecule has 2 aromatic heterocycles. The van der Waals surface area contributed by atoms with E-state index in [1.54, 1.807) is 0 Å². The largest absolute Gasteiger partial charge is 0.342 e. The zero-order valence-corrected chi connectivity index (χ0v) is 9.79. The Morgan fingerprint density at radius 2 is 2.12 bits per heavy atom. The molecule has 1 unspecified atom stereocenters. The molecule has 0 radical (unpaired) electrons.